The topological polar surface area (TPSA) is 30.7 Å². The van der Waals surface area contributed by atoms with Gasteiger partial charge in [-0.25, -0.2) is 9.67 Å². The van der Waals surface area contributed by atoms with Gasteiger partial charge in [-0.15, -0.1) is 11.3 Å². The minimum absolute atomic E-state index is 0.125. The lowest BCUT2D eigenvalue weighted by atomic mass is 10.0. The van der Waals surface area contributed by atoms with E-state index < -0.39 is 5.92 Å². The fraction of sp³-hybridized carbons (Fsp3) is 0.0833. The van der Waals surface area contributed by atoms with E-state index >= 15 is 0 Å². The summed E-state index contributed by atoms with van der Waals surface area (Å²) in [6, 6.07) is 11.5. The van der Waals surface area contributed by atoms with Crippen LogP contribution in [-0.2, 0) is 13.0 Å². The van der Waals surface area contributed by atoms with Crippen molar-refractivity contribution in [2.24, 2.45) is 7.05 Å². The van der Waals surface area contributed by atoms with Gasteiger partial charge in [0.2, 0.25) is 0 Å². The van der Waals surface area contributed by atoms with Gasteiger partial charge in [-0.05, 0) is 23.3 Å². The van der Waals surface area contributed by atoms with Crippen LogP contribution in [0.25, 0.3) is 39.3 Å². The van der Waals surface area contributed by atoms with Crippen LogP contribution in [-0.4, -0.2) is 14.8 Å². The predicted octanol–water partition coefficient (Wildman–Crippen LogP) is 8.11. The average Bonchev–Trinajstić information content (AvgIpc) is 3.35. The molecule has 8 heteroatoms. The monoisotopic (exact) mass is 487 g/mol. The van der Waals surface area contributed by atoms with Crippen LogP contribution in [0.5, 0.6) is 0 Å². The highest BCUT2D eigenvalue weighted by Crippen LogP contribution is 2.42. The van der Waals surface area contributed by atoms with Gasteiger partial charge in [0.15, 0.2) is 11.6 Å². The summed E-state index contributed by atoms with van der Waals surface area (Å²) in [5, 5.41) is 7.39. The highest BCUT2D eigenvalue weighted by Gasteiger charge is 2.27. The molecule has 0 saturated heterocycles. The third-order valence-corrected chi connectivity index (χ3v) is 6.86. The Morgan fingerprint density at radius 3 is 2.47 bits per heavy atom. The zero-order valence-corrected chi connectivity index (χ0v) is 19.3. The molecule has 0 bridgehead atoms. The van der Waals surface area contributed by atoms with Crippen LogP contribution in [0.3, 0.4) is 0 Å². The second-order valence-electron chi connectivity index (χ2n) is 6.99. The maximum absolute atomic E-state index is 13.8. The van der Waals surface area contributed by atoms with Crippen LogP contribution in [0.4, 0.5) is 8.78 Å². The van der Waals surface area contributed by atoms with E-state index in [0.29, 0.717) is 38.9 Å². The van der Waals surface area contributed by atoms with E-state index in [2.05, 4.69) is 23.2 Å². The van der Waals surface area contributed by atoms with Gasteiger partial charge in [-0.3, -0.25) is 0 Å². The smallest absolute Gasteiger partial charge is 0.248 e. The van der Waals surface area contributed by atoms with E-state index in [-0.39, 0.29) is 5.56 Å². The van der Waals surface area contributed by atoms with Gasteiger partial charge in [-0.1, -0.05) is 78.8 Å². The normalized spacial score (nSPS) is 11.5. The van der Waals surface area contributed by atoms with Gasteiger partial charge in [-0.2, -0.15) is 13.9 Å². The molecule has 0 spiro atoms. The summed E-state index contributed by atoms with van der Waals surface area (Å²) in [4.78, 5) is 5.43. The van der Waals surface area contributed by atoms with Crippen molar-refractivity contribution in [3.63, 3.8) is 0 Å². The van der Waals surface area contributed by atoms with Crippen LogP contribution in [0.1, 0.15) is 11.1 Å². The Bertz CT molecular complexity index is 1320. The quantitative estimate of drug-likeness (QED) is 0.257. The Morgan fingerprint density at radius 1 is 1.09 bits per heavy atom. The van der Waals surface area contributed by atoms with Crippen LogP contribution in [0.15, 0.2) is 67.1 Å². The molecule has 32 heavy (non-hydrogen) atoms. The minimum Gasteiger partial charge on any atom is -0.248 e. The Kier molecular flexibility index (Phi) is 6.03. The molecule has 0 atom stereocenters. The molecule has 0 amide bonds. The number of alkyl halides is 2. The van der Waals surface area contributed by atoms with Gasteiger partial charge < -0.3 is 0 Å². The van der Waals surface area contributed by atoms with Crippen molar-refractivity contribution in [3.8, 4) is 33.2 Å². The maximum atomic E-state index is 13.8. The maximum Gasteiger partial charge on any atom is 0.291 e. The SMILES string of the molecule is C=Cc1cccc(Cl)c1-c1nc(-c2csc(-c3ccc(C(F)(F)C=C)cc3)c2Cl)n(C)n1. The molecular formula is C24H17Cl2F2N3S. The van der Waals surface area contributed by atoms with Gasteiger partial charge >= 0.3 is 0 Å². The first kappa shape index (κ1) is 22.4. The molecule has 162 valence electrons. The number of allylic oxidation sites excluding steroid dienone is 1. The van der Waals surface area contributed by atoms with E-state index in [4.69, 9.17) is 23.2 Å². The second-order valence-corrected chi connectivity index (χ2v) is 8.65. The summed E-state index contributed by atoms with van der Waals surface area (Å²) < 4.78 is 29.3. The predicted molar refractivity (Wildman–Crippen MR) is 129 cm³/mol. The molecule has 2 heterocycles. The molecule has 0 unspecified atom stereocenters. The van der Waals surface area contributed by atoms with Crippen LogP contribution in [0.2, 0.25) is 10.0 Å². The summed E-state index contributed by atoms with van der Waals surface area (Å²) in [7, 11) is 1.77. The number of nitrogens with zero attached hydrogens (tertiary/aromatic N) is 3. The second kappa shape index (κ2) is 8.62. The van der Waals surface area contributed by atoms with E-state index in [1.165, 1.54) is 23.5 Å². The fourth-order valence-electron chi connectivity index (χ4n) is 3.32. The molecule has 0 aliphatic rings. The number of thiophene rings is 1. The number of benzene rings is 2. The number of hydrogen-bond acceptors (Lipinski definition) is 3. The first-order valence-corrected chi connectivity index (χ1v) is 11.1. The molecule has 2 aromatic heterocycles. The molecule has 4 rings (SSSR count). The number of hydrogen-bond donors (Lipinski definition) is 0. The average molecular weight is 488 g/mol. The van der Waals surface area contributed by atoms with E-state index in [1.54, 1.807) is 36.0 Å². The third kappa shape index (κ3) is 3.90. The standard InChI is InChI=1S/C24H17Cl2F2N3S/c1-4-14-7-6-8-18(25)19(14)22-29-23(31(3)30-22)17-13-32-21(20(17)26)15-9-11-16(12-10-15)24(27,28)5-2/h4-13H,1-2H2,3H3. The third-order valence-electron chi connectivity index (χ3n) is 5.01. The van der Waals surface area contributed by atoms with Crippen LogP contribution in [0, 0.1) is 0 Å². The zero-order chi connectivity index (χ0) is 23.0. The summed E-state index contributed by atoms with van der Waals surface area (Å²) >= 11 is 14.5. The molecular weight excluding hydrogens is 471 g/mol. The Labute approximate surface area is 198 Å². The van der Waals surface area contributed by atoms with Crippen molar-refractivity contribution < 1.29 is 8.78 Å². The van der Waals surface area contributed by atoms with Crippen LogP contribution >= 0.6 is 34.5 Å². The molecule has 0 saturated carbocycles. The molecule has 4 aromatic rings. The molecule has 0 fully saturated rings. The molecule has 3 nitrogen and oxygen atoms in total. The molecule has 0 radical (unpaired) electrons. The lowest BCUT2D eigenvalue weighted by Crippen LogP contribution is -2.08. The minimum atomic E-state index is -3.08. The Balaban J connectivity index is 1.74. The first-order chi connectivity index (χ1) is 15.3. The molecule has 0 aliphatic heterocycles. The number of rotatable bonds is 6. The van der Waals surface area contributed by atoms with Crippen LogP contribution < -0.4 is 0 Å². The summed E-state index contributed by atoms with van der Waals surface area (Å²) in [5.41, 5.74) is 2.82. The van der Waals surface area contributed by atoms with Crippen molar-refractivity contribution in [1.82, 2.24) is 14.8 Å². The van der Waals surface area contributed by atoms with Crippen molar-refractivity contribution >= 4 is 40.6 Å². The summed E-state index contributed by atoms with van der Waals surface area (Å²) in [6.45, 7) is 7.02. The van der Waals surface area contributed by atoms with E-state index in [0.717, 1.165) is 16.0 Å². The van der Waals surface area contributed by atoms with Gasteiger partial charge in [0.1, 0.15) is 0 Å². The Hall–Kier alpha value is -2.80. The lowest BCUT2D eigenvalue weighted by Gasteiger charge is -2.11. The number of aromatic nitrogens is 3. The largest absolute Gasteiger partial charge is 0.291 e. The highest BCUT2D eigenvalue weighted by molar-refractivity contribution is 7.14. The Morgan fingerprint density at radius 2 is 1.81 bits per heavy atom. The zero-order valence-electron chi connectivity index (χ0n) is 16.9. The van der Waals surface area contributed by atoms with E-state index in [9.17, 15) is 8.78 Å². The summed E-state index contributed by atoms with van der Waals surface area (Å²) in [5.74, 6) is -2.05. The van der Waals surface area contributed by atoms with Gasteiger partial charge in [0.05, 0.1) is 14.9 Å². The summed E-state index contributed by atoms with van der Waals surface area (Å²) in [6.07, 6.45) is 2.33. The van der Waals surface area contributed by atoms with Crippen molar-refractivity contribution in [3.05, 3.63) is 88.3 Å². The van der Waals surface area contributed by atoms with Crippen molar-refractivity contribution in [2.45, 2.75) is 5.92 Å². The van der Waals surface area contributed by atoms with Gasteiger partial charge in [0, 0.05) is 29.1 Å². The first-order valence-electron chi connectivity index (χ1n) is 9.49. The van der Waals surface area contributed by atoms with E-state index in [1.807, 2.05) is 17.5 Å². The molecule has 2 aromatic carbocycles. The van der Waals surface area contributed by atoms with Crippen molar-refractivity contribution in [2.75, 3.05) is 0 Å². The van der Waals surface area contributed by atoms with Crippen molar-refractivity contribution in [1.29, 1.82) is 0 Å². The highest BCUT2D eigenvalue weighted by atomic mass is 35.5. The molecule has 0 N–H and O–H groups in total. The number of aryl methyl sites for hydroxylation is 1. The lowest BCUT2D eigenvalue weighted by molar-refractivity contribution is 0.0526. The fourth-order valence-corrected chi connectivity index (χ4v) is 4.98. The molecule has 0 aliphatic carbocycles. The number of halogens is 4. The van der Waals surface area contributed by atoms with Gasteiger partial charge in [0.25, 0.3) is 5.92 Å².